The number of carbonyl (C=O) groups is 1. The average molecular weight is 494 g/mol. The second kappa shape index (κ2) is 9.16. The SMILES string of the molecule is Cc1cc(C)n(-c2cc(N3CCN(C(=O)c4ccc5noc(-c6ccccc6)c5c4)CC3)nc(C)n2)n1. The van der Waals surface area contributed by atoms with E-state index in [-0.39, 0.29) is 5.91 Å². The number of fused-ring (bicyclic) bond motifs is 1. The van der Waals surface area contributed by atoms with Gasteiger partial charge in [-0.25, -0.2) is 14.6 Å². The molecule has 2 aromatic carbocycles. The molecule has 0 N–H and O–H groups in total. The van der Waals surface area contributed by atoms with E-state index in [1.807, 2.05) is 91.0 Å². The van der Waals surface area contributed by atoms with E-state index in [0.717, 1.165) is 39.5 Å². The Hall–Kier alpha value is -4.53. The first-order valence-corrected chi connectivity index (χ1v) is 12.3. The summed E-state index contributed by atoms with van der Waals surface area (Å²) >= 11 is 0. The minimum atomic E-state index is 0.00367. The fourth-order valence-electron chi connectivity index (χ4n) is 4.86. The van der Waals surface area contributed by atoms with E-state index < -0.39 is 0 Å². The molecule has 9 nitrogen and oxygen atoms in total. The number of carbonyl (C=O) groups excluding carboxylic acids is 1. The Morgan fingerprint density at radius 2 is 1.62 bits per heavy atom. The summed E-state index contributed by atoms with van der Waals surface area (Å²) in [6.07, 6.45) is 0. The molecule has 37 heavy (non-hydrogen) atoms. The molecule has 0 atom stereocenters. The number of benzene rings is 2. The van der Waals surface area contributed by atoms with E-state index in [9.17, 15) is 4.79 Å². The maximum Gasteiger partial charge on any atom is 0.254 e. The predicted molar refractivity (Wildman–Crippen MR) is 141 cm³/mol. The molecule has 1 saturated heterocycles. The van der Waals surface area contributed by atoms with E-state index in [0.29, 0.717) is 43.3 Å². The maximum atomic E-state index is 13.4. The molecule has 9 heteroatoms. The predicted octanol–water partition coefficient (Wildman–Crippen LogP) is 4.36. The number of aryl methyl sites for hydroxylation is 3. The third-order valence-electron chi connectivity index (χ3n) is 6.69. The third-order valence-corrected chi connectivity index (χ3v) is 6.69. The van der Waals surface area contributed by atoms with E-state index in [4.69, 9.17) is 4.52 Å². The first kappa shape index (κ1) is 22.9. The summed E-state index contributed by atoms with van der Waals surface area (Å²) in [5.41, 5.74) is 4.27. The number of hydrogen-bond donors (Lipinski definition) is 0. The van der Waals surface area contributed by atoms with Crippen LogP contribution < -0.4 is 4.90 Å². The summed E-state index contributed by atoms with van der Waals surface area (Å²) in [6.45, 7) is 8.45. The first-order chi connectivity index (χ1) is 18.0. The largest absolute Gasteiger partial charge is 0.355 e. The minimum absolute atomic E-state index is 0.00367. The van der Waals surface area contributed by atoms with E-state index >= 15 is 0 Å². The second-order valence-corrected chi connectivity index (χ2v) is 9.36. The highest BCUT2D eigenvalue weighted by Gasteiger charge is 2.25. The van der Waals surface area contributed by atoms with Gasteiger partial charge in [0, 0.05) is 49.1 Å². The minimum Gasteiger partial charge on any atom is -0.355 e. The fraction of sp³-hybridized carbons (Fsp3) is 0.250. The Labute approximate surface area is 214 Å². The molecule has 1 aliphatic heterocycles. The quantitative estimate of drug-likeness (QED) is 0.367. The van der Waals surface area contributed by atoms with Crippen LogP contribution in [0.1, 0.15) is 27.6 Å². The van der Waals surface area contributed by atoms with Crippen molar-refractivity contribution in [3.63, 3.8) is 0 Å². The number of nitrogens with zero attached hydrogens (tertiary/aromatic N) is 7. The summed E-state index contributed by atoms with van der Waals surface area (Å²) in [6, 6.07) is 19.4. The highest BCUT2D eigenvalue weighted by molar-refractivity contribution is 6.01. The Morgan fingerprint density at radius 1 is 0.865 bits per heavy atom. The number of amides is 1. The van der Waals surface area contributed by atoms with Gasteiger partial charge in [-0.1, -0.05) is 35.5 Å². The lowest BCUT2D eigenvalue weighted by Gasteiger charge is -2.35. The monoisotopic (exact) mass is 493 g/mol. The standard InChI is InChI=1S/C28H27N7O2/c1-18-15-19(2)35(31-18)26-17-25(29-20(3)30-26)33-11-13-34(14-12-33)28(36)22-9-10-24-23(16-22)27(37-32-24)21-7-5-4-6-8-21/h4-10,15-17H,11-14H2,1-3H3. The summed E-state index contributed by atoms with van der Waals surface area (Å²) < 4.78 is 7.45. The second-order valence-electron chi connectivity index (χ2n) is 9.36. The topological polar surface area (TPSA) is 93.2 Å². The molecular weight excluding hydrogens is 466 g/mol. The van der Waals surface area contributed by atoms with Crippen molar-refractivity contribution in [1.29, 1.82) is 0 Å². The third kappa shape index (κ3) is 4.33. The van der Waals surface area contributed by atoms with Crippen LogP contribution in [0.15, 0.2) is 65.2 Å². The summed E-state index contributed by atoms with van der Waals surface area (Å²) in [5.74, 6) is 2.97. The van der Waals surface area contributed by atoms with Gasteiger partial charge in [0.05, 0.1) is 11.1 Å². The Bertz CT molecular complexity index is 1600. The van der Waals surface area contributed by atoms with E-state index in [1.165, 1.54) is 0 Å². The van der Waals surface area contributed by atoms with Crippen LogP contribution in [-0.4, -0.2) is 61.9 Å². The van der Waals surface area contributed by atoms with Gasteiger partial charge in [0.2, 0.25) is 0 Å². The molecule has 4 heterocycles. The molecule has 0 radical (unpaired) electrons. The molecule has 6 rings (SSSR count). The van der Waals surface area contributed by atoms with Crippen LogP contribution in [-0.2, 0) is 0 Å². The molecular formula is C28H27N7O2. The molecule has 5 aromatic rings. The van der Waals surface area contributed by atoms with Crippen LogP contribution in [0.25, 0.3) is 28.0 Å². The van der Waals surface area contributed by atoms with E-state index in [1.54, 1.807) is 0 Å². The number of piperazine rings is 1. The Kier molecular flexibility index (Phi) is 5.67. The lowest BCUT2D eigenvalue weighted by Crippen LogP contribution is -2.49. The molecule has 0 saturated carbocycles. The van der Waals surface area contributed by atoms with Crippen LogP contribution in [0.3, 0.4) is 0 Å². The van der Waals surface area contributed by atoms with Crippen molar-refractivity contribution >= 4 is 22.6 Å². The van der Waals surface area contributed by atoms with Gasteiger partial charge in [-0.05, 0) is 45.0 Å². The van der Waals surface area contributed by atoms with Crippen molar-refractivity contribution in [2.75, 3.05) is 31.1 Å². The highest BCUT2D eigenvalue weighted by atomic mass is 16.5. The zero-order chi connectivity index (χ0) is 25.5. The highest BCUT2D eigenvalue weighted by Crippen LogP contribution is 2.29. The molecule has 1 fully saturated rings. The van der Waals surface area contributed by atoms with Gasteiger partial charge in [0.25, 0.3) is 5.91 Å². The zero-order valence-electron chi connectivity index (χ0n) is 21.0. The molecule has 3 aromatic heterocycles. The van der Waals surface area contributed by atoms with Crippen molar-refractivity contribution < 1.29 is 9.32 Å². The normalized spacial score (nSPS) is 13.9. The maximum absolute atomic E-state index is 13.4. The van der Waals surface area contributed by atoms with Gasteiger partial charge in [0.15, 0.2) is 11.6 Å². The number of rotatable bonds is 4. The fourth-order valence-corrected chi connectivity index (χ4v) is 4.86. The van der Waals surface area contributed by atoms with Crippen LogP contribution in [0, 0.1) is 20.8 Å². The van der Waals surface area contributed by atoms with Gasteiger partial charge < -0.3 is 14.3 Å². The van der Waals surface area contributed by atoms with Crippen LogP contribution in [0.5, 0.6) is 0 Å². The van der Waals surface area contributed by atoms with Crippen molar-refractivity contribution in [2.24, 2.45) is 0 Å². The van der Waals surface area contributed by atoms with Crippen molar-refractivity contribution in [2.45, 2.75) is 20.8 Å². The van der Waals surface area contributed by atoms with Gasteiger partial charge in [-0.15, -0.1) is 0 Å². The molecule has 0 spiro atoms. The Balaban J connectivity index is 1.20. The first-order valence-electron chi connectivity index (χ1n) is 12.3. The lowest BCUT2D eigenvalue weighted by molar-refractivity contribution is 0.0746. The molecule has 0 aliphatic carbocycles. The van der Waals surface area contributed by atoms with Gasteiger partial charge >= 0.3 is 0 Å². The van der Waals surface area contributed by atoms with Crippen molar-refractivity contribution in [3.8, 4) is 17.1 Å². The number of aromatic nitrogens is 5. The average Bonchev–Trinajstić information content (AvgIpc) is 3.50. The number of anilines is 1. The molecule has 1 aliphatic rings. The summed E-state index contributed by atoms with van der Waals surface area (Å²) in [7, 11) is 0. The molecule has 1 amide bonds. The van der Waals surface area contributed by atoms with Crippen LogP contribution >= 0.6 is 0 Å². The van der Waals surface area contributed by atoms with Gasteiger partial charge in [0.1, 0.15) is 17.2 Å². The van der Waals surface area contributed by atoms with Gasteiger partial charge in [-0.3, -0.25) is 4.79 Å². The van der Waals surface area contributed by atoms with Crippen LogP contribution in [0.2, 0.25) is 0 Å². The molecule has 0 unspecified atom stereocenters. The van der Waals surface area contributed by atoms with Crippen LogP contribution in [0.4, 0.5) is 5.82 Å². The van der Waals surface area contributed by atoms with Gasteiger partial charge in [-0.2, -0.15) is 5.10 Å². The summed E-state index contributed by atoms with van der Waals surface area (Å²) in [5, 5.41) is 9.57. The van der Waals surface area contributed by atoms with Crippen molar-refractivity contribution in [1.82, 2.24) is 29.8 Å². The smallest absolute Gasteiger partial charge is 0.254 e. The Morgan fingerprint density at radius 3 is 2.35 bits per heavy atom. The van der Waals surface area contributed by atoms with Crippen molar-refractivity contribution in [3.05, 3.63) is 83.4 Å². The molecule has 186 valence electrons. The number of hydrogen-bond acceptors (Lipinski definition) is 7. The lowest BCUT2D eigenvalue weighted by atomic mass is 10.1. The zero-order valence-corrected chi connectivity index (χ0v) is 21.0. The summed E-state index contributed by atoms with van der Waals surface area (Å²) in [4.78, 5) is 26.8. The van der Waals surface area contributed by atoms with E-state index in [2.05, 4.69) is 25.1 Å². The molecule has 0 bridgehead atoms.